The Kier molecular flexibility index (Phi) is 6.64. The van der Waals surface area contributed by atoms with Crippen molar-refractivity contribution in [1.82, 2.24) is 20.2 Å². The summed E-state index contributed by atoms with van der Waals surface area (Å²) in [7, 11) is 0.500. The maximum absolute atomic E-state index is 13.5. The molecule has 1 aliphatic carbocycles. The van der Waals surface area contributed by atoms with Crippen molar-refractivity contribution >= 4 is 16.9 Å². The van der Waals surface area contributed by atoms with Gasteiger partial charge in [0.25, 0.3) is 0 Å². The lowest BCUT2D eigenvalue weighted by molar-refractivity contribution is 0.0667. The van der Waals surface area contributed by atoms with Crippen LogP contribution in [0.15, 0.2) is 36.8 Å². The molecule has 2 N–H and O–H groups in total. The first-order valence-electron chi connectivity index (χ1n) is 8.89. The van der Waals surface area contributed by atoms with Crippen molar-refractivity contribution in [3.05, 3.63) is 48.2 Å². The van der Waals surface area contributed by atoms with E-state index in [1.54, 1.807) is 18.3 Å². The third-order valence-corrected chi connectivity index (χ3v) is 4.65. The molecule has 4 rings (SSSR count). The van der Waals surface area contributed by atoms with Crippen LogP contribution in [0.4, 0.5) is 14.6 Å². The summed E-state index contributed by atoms with van der Waals surface area (Å²) in [6, 6.07) is 7.25. The smallest absolute Gasteiger partial charge is 0.160 e. The van der Waals surface area contributed by atoms with Gasteiger partial charge in [-0.15, -0.1) is 0 Å². The number of H-pyrrole nitrogens is 1. The zero-order valence-corrected chi connectivity index (χ0v) is 15.2. The van der Waals surface area contributed by atoms with E-state index in [1.807, 2.05) is 6.07 Å². The minimum Gasteiger partial charge on any atom is -0.381 e. The minimum absolute atomic E-state index is 0.158. The summed E-state index contributed by atoms with van der Waals surface area (Å²) in [6.45, 7) is 1.27. The average Bonchev–Trinajstić information content (AvgIpc) is 3.15. The quantitative estimate of drug-likeness (QED) is 0.618. The van der Waals surface area contributed by atoms with Gasteiger partial charge in [0.2, 0.25) is 0 Å². The van der Waals surface area contributed by atoms with Gasteiger partial charge in [0.05, 0.1) is 25.4 Å². The second kappa shape index (κ2) is 9.36. The number of aromatic amines is 1. The van der Waals surface area contributed by atoms with E-state index in [0.29, 0.717) is 37.7 Å². The van der Waals surface area contributed by atoms with Crippen LogP contribution in [-0.4, -0.2) is 46.6 Å². The number of ether oxygens (including phenoxy) is 1. The standard InChI is InChI=1S/C18H20FN5O.CH3F/c19-16-4-2-1-3-13(16)5-6-25-10-12-7-14(8-12)23-17-15-9-22-24-18(15)21-11-20-17;1-2/h1-4,9,11-12,14H,5-8,10H2,(H2,20,21,22,23,24);1H3. The normalized spacial score (nSPS) is 18.5. The number of hydrogen-bond acceptors (Lipinski definition) is 5. The summed E-state index contributed by atoms with van der Waals surface area (Å²) in [5.41, 5.74) is 1.45. The van der Waals surface area contributed by atoms with Crippen LogP contribution in [0.5, 0.6) is 0 Å². The Morgan fingerprint density at radius 2 is 2.04 bits per heavy atom. The second-order valence-corrected chi connectivity index (χ2v) is 6.45. The van der Waals surface area contributed by atoms with Crippen LogP contribution in [0.2, 0.25) is 0 Å². The molecule has 144 valence electrons. The highest BCUT2D eigenvalue weighted by Gasteiger charge is 2.29. The summed E-state index contributed by atoms with van der Waals surface area (Å²) < 4.78 is 28.7. The summed E-state index contributed by atoms with van der Waals surface area (Å²) >= 11 is 0. The third kappa shape index (κ3) is 4.77. The number of benzene rings is 1. The molecular formula is C19H23F2N5O. The SMILES string of the molecule is CF.Fc1ccccc1CCOCC1CC(Nc2ncnc3[nH]ncc23)C1. The monoisotopic (exact) mass is 375 g/mol. The summed E-state index contributed by atoms with van der Waals surface area (Å²) in [5, 5.41) is 11.2. The molecule has 0 aliphatic heterocycles. The lowest BCUT2D eigenvalue weighted by Crippen LogP contribution is -2.38. The molecule has 27 heavy (non-hydrogen) atoms. The minimum atomic E-state index is -0.158. The molecule has 2 heterocycles. The van der Waals surface area contributed by atoms with Crippen LogP contribution in [-0.2, 0) is 11.2 Å². The molecule has 0 unspecified atom stereocenters. The molecule has 1 fully saturated rings. The topological polar surface area (TPSA) is 75.7 Å². The highest BCUT2D eigenvalue weighted by molar-refractivity contribution is 5.85. The Labute approximate surface area is 156 Å². The first-order chi connectivity index (χ1) is 13.3. The van der Waals surface area contributed by atoms with Crippen LogP contribution in [0.1, 0.15) is 18.4 Å². The molecule has 0 radical (unpaired) electrons. The van der Waals surface area contributed by atoms with Crippen molar-refractivity contribution in [1.29, 1.82) is 0 Å². The van der Waals surface area contributed by atoms with Gasteiger partial charge in [-0.3, -0.25) is 9.49 Å². The average molecular weight is 375 g/mol. The van der Waals surface area contributed by atoms with Crippen molar-refractivity contribution < 1.29 is 13.5 Å². The van der Waals surface area contributed by atoms with E-state index >= 15 is 0 Å². The molecule has 1 aliphatic rings. The predicted octanol–water partition coefficient (Wildman–Crippen LogP) is 3.53. The van der Waals surface area contributed by atoms with Crippen LogP contribution in [0.3, 0.4) is 0 Å². The summed E-state index contributed by atoms with van der Waals surface area (Å²) in [6.07, 6.45) is 5.97. The van der Waals surface area contributed by atoms with Crippen LogP contribution < -0.4 is 5.32 Å². The summed E-state index contributed by atoms with van der Waals surface area (Å²) in [5.74, 6) is 1.21. The maximum atomic E-state index is 13.5. The number of nitrogens with one attached hydrogen (secondary N) is 2. The predicted molar refractivity (Wildman–Crippen MR) is 99.8 cm³/mol. The zero-order chi connectivity index (χ0) is 19.1. The Morgan fingerprint density at radius 1 is 1.22 bits per heavy atom. The first kappa shape index (κ1) is 19.2. The number of hydrogen-bond donors (Lipinski definition) is 2. The van der Waals surface area contributed by atoms with Crippen LogP contribution in [0.25, 0.3) is 11.0 Å². The number of anilines is 1. The molecule has 0 atom stereocenters. The number of aromatic nitrogens is 4. The molecule has 0 saturated heterocycles. The van der Waals surface area contributed by atoms with Gasteiger partial charge in [0.15, 0.2) is 5.65 Å². The Bertz CT molecular complexity index is 851. The zero-order valence-electron chi connectivity index (χ0n) is 15.2. The van der Waals surface area contributed by atoms with Crippen LogP contribution >= 0.6 is 0 Å². The maximum Gasteiger partial charge on any atom is 0.160 e. The lowest BCUT2D eigenvalue weighted by Gasteiger charge is -2.36. The molecule has 3 aromatic rings. The van der Waals surface area contributed by atoms with Gasteiger partial charge in [-0.2, -0.15) is 5.10 Å². The molecule has 1 aromatic carbocycles. The van der Waals surface area contributed by atoms with Gasteiger partial charge < -0.3 is 10.1 Å². The number of halogens is 2. The van der Waals surface area contributed by atoms with Crippen molar-refractivity contribution in [3.8, 4) is 0 Å². The molecule has 0 bridgehead atoms. The highest BCUT2D eigenvalue weighted by atomic mass is 19.1. The van der Waals surface area contributed by atoms with Gasteiger partial charge in [0.1, 0.15) is 18.0 Å². The van der Waals surface area contributed by atoms with Gasteiger partial charge in [0, 0.05) is 12.6 Å². The molecule has 0 amide bonds. The van der Waals surface area contributed by atoms with Gasteiger partial charge >= 0.3 is 0 Å². The Balaban J connectivity index is 0.00000102. The second-order valence-electron chi connectivity index (χ2n) is 6.45. The van der Waals surface area contributed by atoms with Crippen molar-refractivity contribution in [3.63, 3.8) is 0 Å². The van der Waals surface area contributed by atoms with E-state index in [9.17, 15) is 8.78 Å². The first-order valence-corrected chi connectivity index (χ1v) is 8.89. The number of alkyl halides is 1. The van der Waals surface area contributed by atoms with E-state index in [-0.39, 0.29) is 5.82 Å². The van der Waals surface area contributed by atoms with E-state index in [4.69, 9.17) is 4.74 Å². The fourth-order valence-electron chi connectivity index (χ4n) is 3.20. The number of rotatable bonds is 7. The van der Waals surface area contributed by atoms with E-state index in [0.717, 1.165) is 36.3 Å². The van der Waals surface area contributed by atoms with Crippen molar-refractivity contribution in [2.75, 3.05) is 25.7 Å². The molecule has 2 aromatic heterocycles. The van der Waals surface area contributed by atoms with Crippen molar-refractivity contribution in [2.24, 2.45) is 5.92 Å². The number of fused-ring (bicyclic) bond motifs is 1. The Hall–Kier alpha value is -2.61. The molecule has 0 spiro atoms. The molecule has 6 nitrogen and oxygen atoms in total. The lowest BCUT2D eigenvalue weighted by atomic mass is 9.81. The molecular weight excluding hydrogens is 352 g/mol. The third-order valence-electron chi connectivity index (χ3n) is 4.65. The van der Waals surface area contributed by atoms with Gasteiger partial charge in [-0.05, 0) is 36.8 Å². The molecule has 1 saturated carbocycles. The van der Waals surface area contributed by atoms with E-state index < -0.39 is 0 Å². The fourth-order valence-corrected chi connectivity index (χ4v) is 3.20. The number of nitrogens with zero attached hydrogens (tertiary/aromatic N) is 3. The van der Waals surface area contributed by atoms with Crippen molar-refractivity contribution in [2.45, 2.75) is 25.3 Å². The van der Waals surface area contributed by atoms with Gasteiger partial charge in [-0.25, -0.2) is 14.4 Å². The highest BCUT2D eigenvalue weighted by Crippen LogP contribution is 2.31. The molecule has 8 heteroatoms. The largest absolute Gasteiger partial charge is 0.381 e. The van der Waals surface area contributed by atoms with Crippen LogP contribution in [0, 0.1) is 11.7 Å². The van der Waals surface area contributed by atoms with Gasteiger partial charge in [-0.1, -0.05) is 18.2 Å². The van der Waals surface area contributed by atoms with E-state index in [1.165, 1.54) is 12.4 Å². The van der Waals surface area contributed by atoms with E-state index in [2.05, 4.69) is 25.5 Å². The summed E-state index contributed by atoms with van der Waals surface area (Å²) in [4.78, 5) is 8.43. The fraction of sp³-hybridized carbons (Fsp3) is 0.421. The Morgan fingerprint density at radius 3 is 2.85 bits per heavy atom.